The molecule has 0 saturated heterocycles. The Labute approximate surface area is 141 Å². The third-order valence-corrected chi connectivity index (χ3v) is 3.97. The molecule has 24 heavy (non-hydrogen) atoms. The summed E-state index contributed by atoms with van der Waals surface area (Å²) in [4.78, 5) is 0. The van der Waals surface area contributed by atoms with Gasteiger partial charge in [-0.05, 0) is 18.6 Å². The van der Waals surface area contributed by atoms with Gasteiger partial charge in [0.2, 0.25) is 5.16 Å². The number of nitrogens with zero attached hydrogens (tertiary/aromatic N) is 3. The van der Waals surface area contributed by atoms with Crippen LogP contribution in [-0.4, -0.2) is 47.1 Å². The zero-order chi connectivity index (χ0) is 17.6. The summed E-state index contributed by atoms with van der Waals surface area (Å²) >= 11 is 1.30. The first-order valence-electron chi connectivity index (χ1n) is 7.03. The van der Waals surface area contributed by atoms with Gasteiger partial charge < -0.3 is 15.3 Å². The van der Waals surface area contributed by atoms with Crippen LogP contribution in [0.3, 0.4) is 0 Å². The molecule has 1 aromatic carbocycles. The van der Waals surface area contributed by atoms with Crippen LogP contribution in [0.1, 0.15) is 6.42 Å². The molecule has 10 heteroatoms. The van der Waals surface area contributed by atoms with Crippen LogP contribution in [0.4, 0.5) is 13.2 Å². The molecule has 0 unspecified atom stereocenters. The highest BCUT2D eigenvalue weighted by molar-refractivity contribution is 7.99. The maximum absolute atomic E-state index is 11.9. The van der Waals surface area contributed by atoms with Crippen molar-refractivity contribution >= 4 is 11.8 Å². The minimum Gasteiger partial charge on any atom is -0.496 e. The smallest absolute Gasteiger partial charge is 0.411 e. The average molecular weight is 362 g/mol. The van der Waals surface area contributed by atoms with Gasteiger partial charge in [-0.25, -0.2) is 4.68 Å². The van der Waals surface area contributed by atoms with Crippen LogP contribution in [0.2, 0.25) is 0 Å². The second-order valence-corrected chi connectivity index (χ2v) is 5.81. The van der Waals surface area contributed by atoms with Gasteiger partial charge >= 0.3 is 6.18 Å². The lowest BCUT2D eigenvalue weighted by molar-refractivity contribution is -0.173. The number of rotatable bonds is 8. The fourth-order valence-electron chi connectivity index (χ4n) is 1.90. The number of para-hydroxylation sites is 1. The molecule has 0 saturated carbocycles. The van der Waals surface area contributed by atoms with E-state index in [9.17, 15) is 13.2 Å². The topological polar surface area (TPSA) is 75.2 Å². The van der Waals surface area contributed by atoms with Crippen LogP contribution in [0, 0.1) is 0 Å². The van der Waals surface area contributed by atoms with E-state index in [0.717, 1.165) is 0 Å². The molecule has 0 amide bonds. The van der Waals surface area contributed by atoms with E-state index in [1.165, 1.54) is 16.4 Å². The summed E-state index contributed by atoms with van der Waals surface area (Å²) in [6.45, 7) is -1.22. The number of ether oxygens (including phenoxy) is 2. The minimum absolute atomic E-state index is 0.0184. The monoisotopic (exact) mass is 362 g/mol. The highest BCUT2D eigenvalue weighted by Crippen LogP contribution is 2.29. The highest BCUT2D eigenvalue weighted by Gasteiger charge is 2.27. The summed E-state index contributed by atoms with van der Waals surface area (Å²) in [5.74, 6) is 7.57. The number of nitrogen functional groups attached to an aromatic ring is 1. The zero-order valence-electron chi connectivity index (χ0n) is 12.9. The SMILES string of the molecule is COc1ccccc1-c1nnc(SCCCOCC(F)(F)F)n1N. The molecule has 0 aliphatic rings. The van der Waals surface area contributed by atoms with Crippen LogP contribution in [0.25, 0.3) is 11.4 Å². The van der Waals surface area contributed by atoms with Crippen LogP contribution >= 0.6 is 11.8 Å². The largest absolute Gasteiger partial charge is 0.496 e. The maximum atomic E-state index is 11.9. The minimum atomic E-state index is -4.30. The van der Waals surface area contributed by atoms with Crippen molar-refractivity contribution in [2.45, 2.75) is 17.8 Å². The Bertz CT molecular complexity index is 664. The standard InChI is InChI=1S/C14H17F3N4O2S/c1-22-11-6-3-2-5-10(11)12-19-20-13(21(12)18)24-8-4-7-23-9-14(15,16)17/h2-3,5-6H,4,7-9,18H2,1H3. The van der Waals surface area contributed by atoms with Gasteiger partial charge in [0.1, 0.15) is 12.4 Å². The molecule has 0 radical (unpaired) electrons. The van der Waals surface area contributed by atoms with E-state index in [2.05, 4.69) is 14.9 Å². The molecule has 0 spiro atoms. The molecule has 0 aliphatic heterocycles. The van der Waals surface area contributed by atoms with Gasteiger partial charge in [0.15, 0.2) is 5.82 Å². The van der Waals surface area contributed by atoms with E-state index in [0.29, 0.717) is 34.5 Å². The van der Waals surface area contributed by atoms with Gasteiger partial charge in [-0.1, -0.05) is 23.9 Å². The first kappa shape index (κ1) is 18.4. The Balaban J connectivity index is 1.89. The molecule has 2 rings (SSSR count). The zero-order valence-corrected chi connectivity index (χ0v) is 13.7. The van der Waals surface area contributed by atoms with Crippen LogP contribution in [-0.2, 0) is 4.74 Å². The molecule has 132 valence electrons. The van der Waals surface area contributed by atoms with Crippen LogP contribution < -0.4 is 10.6 Å². The van der Waals surface area contributed by atoms with Crippen LogP contribution in [0.5, 0.6) is 5.75 Å². The van der Waals surface area contributed by atoms with Crippen molar-refractivity contribution in [1.29, 1.82) is 0 Å². The molecule has 0 bridgehead atoms. The van der Waals surface area contributed by atoms with Gasteiger partial charge in [-0.2, -0.15) is 13.2 Å². The van der Waals surface area contributed by atoms with Crippen molar-refractivity contribution in [3.8, 4) is 17.1 Å². The molecule has 1 heterocycles. The number of hydrogen-bond donors (Lipinski definition) is 1. The third kappa shape index (κ3) is 5.03. The third-order valence-electron chi connectivity index (χ3n) is 2.94. The predicted octanol–water partition coefficient (Wildman–Crippen LogP) is 2.73. The van der Waals surface area contributed by atoms with Crippen molar-refractivity contribution in [1.82, 2.24) is 14.9 Å². The first-order chi connectivity index (χ1) is 11.4. The van der Waals surface area contributed by atoms with Crippen molar-refractivity contribution in [3.05, 3.63) is 24.3 Å². The maximum Gasteiger partial charge on any atom is 0.411 e. The number of alkyl halides is 3. The number of methoxy groups -OCH3 is 1. The number of nitrogens with two attached hydrogens (primary N) is 1. The average Bonchev–Trinajstić information content (AvgIpc) is 2.90. The molecular formula is C14H17F3N4O2S. The molecule has 2 N–H and O–H groups in total. The molecule has 0 aliphatic carbocycles. The number of aromatic nitrogens is 3. The van der Waals surface area contributed by atoms with Gasteiger partial charge in [0.05, 0.1) is 12.7 Å². The summed E-state index contributed by atoms with van der Waals surface area (Å²) in [5, 5.41) is 8.51. The van der Waals surface area contributed by atoms with Gasteiger partial charge in [0.25, 0.3) is 0 Å². The van der Waals surface area contributed by atoms with E-state index in [1.807, 2.05) is 18.2 Å². The number of hydrogen-bond acceptors (Lipinski definition) is 6. The second kappa shape index (κ2) is 8.25. The van der Waals surface area contributed by atoms with Crippen molar-refractivity contribution in [2.24, 2.45) is 0 Å². The Hall–Kier alpha value is -1.94. The summed E-state index contributed by atoms with van der Waals surface area (Å²) in [7, 11) is 1.55. The Morgan fingerprint density at radius 2 is 2.00 bits per heavy atom. The summed E-state index contributed by atoms with van der Waals surface area (Å²) in [5.41, 5.74) is 0.704. The number of benzene rings is 1. The summed E-state index contributed by atoms with van der Waals surface area (Å²) in [6, 6.07) is 7.26. The molecule has 1 aromatic heterocycles. The Morgan fingerprint density at radius 3 is 2.71 bits per heavy atom. The lowest BCUT2D eigenvalue weighted by Gasteiger charge is -2.08. The summed E-state index contributed by atoms with van der Waals surface area (Å²) in [6.07, 6.45) is -3.86. The lowest BCUT2D eigenvalue weighted by atomic mass is 10.2. The van der Waals surface area contributed by atoms with E-state index < -0.39 is 12.8 Å². The molecule has 0 fully saturated rings. The second-order valence-electron chi connectivity index (χ2n) is 4.75. The fourth-order valence-corrected chi connectivity index (χ4v) is 2.67. The van der Waals surface area contributed by atoms with E-state index in [1.54, 1.807) is 13.2 Å². The summed E-state index contributed by atoms with van der Waals surface area (Å²) < 4.78 is 46.9. The fraction of sp³-hybridized carbons (Fsp3) is 0.429. The molecule has 6 nitrogen and oxygen atoms in total. The van der Waals surface area contributed by atoms with E-state index >= 15 is 0 Å². The predicted molar refractivity (Wildman–Crippen MR) is 84.4 cm³/mol. The Morgan fingerprint density at radius 1 is 1.25 bits per heavy atom. The normalized spacial score (nSPS) is 11.7. The molecular weight excluding hydrogens is 345 g/mol. The van der Waals surface area contributed by atoms with Crippen molar-refractivity contribution in [3.63, 3.8) is 0 Å². The quantitative estimate of drug-likeness (QED) is 0.442. The van der Waals surface area contributed by atoms with E-state index in [4.69, 9.17) is 10.6 Å². The van der Waals surface area contributed by atoms with Gasteiger partial charge in [-0.3, -0.25) is 0 Å². The van der Waals surface area contributed by atoms with Crippen LogP contribution in [0.15, 0.2) is 29.4 Å². The van der Waals surface area contributed by atoms with Gasteiger partial charge in [-0.15, -0.1) is 10.2 Å². The lowest BCUT2D eigenvalue weighted by Crippen LogP contribution is -2.17. The molecule has 2 aromatic rings. The first-order valence-corrected chi connectivity index (χ1v) is 8.02. The van der Waals surface area contributed by atoms with Crippen molar-refractivity contribution < 1.29 is 22.6 Å². The number of thioether (sulfide) groups is 1. The number of halogens is 3. The van der Waals surface area contributed by atoms with Crippen molar-refractivity contribution in [2.75, 3.05) is 31.9 Å². The molecule has 0 atom stereocenters. The Kier molecular flexibility index (Phi) is 6.32. The van der Waals surface area contributed by atoms with E-state index in [-0.39, 0.29) is 6.61 Å². The van der Waals surface area contributed by atoms with Gasteiger partial charge in [0, 0.05) is 12.4 Å². The highest BCUT2D eigenvalue weighted by atomic mass is 32.2.